The fourth-order valence-corrected chi connectivity index (χ4v) is 3.30. The molecule has 0 bridgehead atoms. The predicted molar refractivity (Wildman–Crippen MR) is 63.8 cm³/mol. The molecule has 0 amide bonds. The van der Waals surface area contributed by atoms with Crippen LogP contribution in [0.3, 0.4) is 0 Å². The Balaban J connectivity index is 2.97. The molecule has 1 aromatic rings. The van der Waals surface area contributed by atoms with Crippen LogP contribution in [0.15, 0.2) is 11.2 Å². The smallest absolute Gasteiger partial charge is 0.258 e. The lowest BCUT2D eigenvalue weighted by Crippen LogP contribution is -2.43. The molecular weight excluding hydrogens is 242 g/mol. The van der Waals surface area contributed by atoms with Crippen LogP contribution in [0.4, 0.5) is 0 Å². The maximum absolute atomic E-state index is 12.1. The molecule has 0 aliphatic carbocycles. The molecule has 0 aliphatic heterocycles. The molecule has 1 aromatic heterocycles. The highest BCUT2D eigenvalue weighted by Crippen LogP contribution is 2.18. The van der Waals surface area contributed by atoms with Gasteiger partial charge in [-0.1, -0.05) is 13.3 Å². The van der Waals surface area contributed by atoms with Crippen LogP contribution in [0.5, 0.6) is 0 Å². The number of H-pyrrole nitrogens is 1. The van der Waals surface area contributed by atoms with Gasteiger partial charge in [0.05, 0.1) is 12.8 Å². The summed E-state index contributed by atoms with van der Waals surface area (Å²) in [5.74, 6) is 0. The maximum Gasteiger partial charge on any atom is 0.258 e. The van der Waals surface area contributed by atoms with Gasteiger partial charge in [-0.25, -0.2) is 13.1 Å². The van der Waals surface area contributed by atoms with Gasteiger partial charge < -0.3 is 5.11 Å². The Labute approximate surface area is 101 Å². The lowest BCUT2D eigenvalue weighted by atomic mass is 10.0. The zero-order valence-electron chi connectivity index (χ0n) is 10.3. The Bertz CT molecular complexity index is 465. The minimum absolute atomic E-state index is 0.0656. The minimum Gasteiger partial charge on any atom is -0.392 e. The molecule has 0 saturated carbocycles. The van der Waals surface area contributed by atoms with Crippen molar-refractivity contribution in [3.05, 3.63) is 11.8 Å². The lowest BCUT2D eigenvalue weighted by molar-refractivity contribution is 0.278. The molecule has 0 aliphatic rings. The molecule has 0 unspecified atom stereocenters. The largest absolute Gasteiger partial charge is 0.392 e. The van der Waals surface area contributed by atoms with Gasteiger partial charge in [0.2, 0.25) is 0 Å². The predicted octanol–water partition coefficient (Wildman–Crippen LogP) is 0.759. The van der Waals surface area contributed by atoms with Gasteiger partial charge >= 0.3 is 0 Å². The Morgan fingerprint density at radius 2 is 2.18 bits per heavy atom. The summed E-state index contributed by atoms with van der Waals surface area (Å²) in [6.07, 6.45) is 2.92. The van der Waals surface area contributed by atoms with Gasteiger partial charge in [0.1, 0.15) is 0 Å². The summed E-state index contributed by atoms with van der Waals surface area (Å²) in [4.78, 5) is 0. The molecule has 98 valence electrons. The average Bonchev–Trinajstić information content (AvgIpc) is 2.63. The topological polar surface area (TPSA) is 95.1 Å². The van der Waals surface area contributed by atoms with E-state index in [1.54, 1.807) is 0 Å². The molecule has 3 N–H and O–H groups in total. The van der Waals surface area contributed by atoms with Crippen molar-refractivity contribution in [2.75, 3.05) is 0 Å². The number of aromatic nitrogens is 2. The van der Waals surface area contributed by atoms with Gasteiger partial charge in [-0.15, -0.1) is 0 Å². The van der Waals surface area contributed by atoms with Crippen molar-refractivity contribution >= 4 is 10.0 Å². The van der Waals surface area contributed by atoms with Crippen LogP contribution < -0.4 is 4.72 Å². The molecule has 0 aromatic carbocycles. The molecule has 6 nitrogen and oxygen atoms in total. The monoisotopic (exact) mass is 261 g/mol. The third-order valence-corrected chi connectivity index (χ3v) is 4.12. The SMILES string of the molecule is CCCC(C)(C)NS(=O)(=O)c1[nH]ncc1CO. The van der Waals surface area contributed by atoms with Crippen LogP contribution in [-0.4, -0.2) is 29.3 Å². The number of nitrogens with zero attached hydrogens (tertiary/aromatic N) is 1. The molecular formula is C10H19N3O3S. The van der Waals surface area contributed by atoms with Crippen molar-refractivity contribution in [2.24, 2.45) is 0 Å². The number of aliphatic hydroxyl groups is 1. The van der Waals surface area contributed by atoms with Gasteiger partial charge in [-0.05, 0) is 20.3 Å². The molecule has 7 heteroatoms. The zero-order valence-corrected chi connectivity index (χ0v) is 11.1. The fourth-order valence-electron chi connectivity index (χ4n) is 1.74. The summed E-state index contributed by atoms with van der Waals surface area (Å²) in [7, 11) is -3.67. The van der Waals surface area contributed by atoms with E-state index in [1.807, 2.05) is 20.8 Å². The molecule has 17 heavy (non-hydrogen) atoms. The highest BCUT2D eigenvalue weighted by atomic mass is 32.2. The standard InChI is InChI=1S/C10H19N3O3S/c1-4-5-10(2,3)13-17(15,16)9-8(7-14)6-11-12-9/h6,13-14H,4-5,7H2,1-3H3,(H,11,12). The van der Waals surface area contributed by atoms with E-state index < -0.39 is 15.6 Å². The van der Waals surface area contributed by atoms with Crippen molar-refractivity contribution < 1.29 is 13.5 Å². The lowest BCUT2D eigenvalue weighted by Gasteiger charge is -2.25. The zero-order chi connectivity index (χ0) is 13.1. The van der Waals surface area contributed by atoms with Crippen molar-refractivity contribution in [1.82, 2.24) is 14.9 Å². The number of rotatable bonds is 6. The van der Waals surface area contributed by atoms with E-state index in [0.29, 0.717) is 0 Å². The van der Waals surface area contributed by atoms with Crippen LogP contribution in [-0.2, 0) is 16.6 Å². The second-order valence-electron chi connectivity index (χ2n) is 4.62. The Morgan fingerprint density at radius 3 is 2.71 bits per heavy atom. The first-order chi connectivity index (χ1) is 7.82. The molecule has 0 radical (unpaired) electrons. The van der Waals surface area contributed by atoms with Crippen molar-refractivity contribution in [1.29, 1.82) is 0 Å². The number of nitrogens with one attached hydrogen (secondary N) is 2. The number of hydrogen-bond donors (Lipinski definition) is 3. The third kappa shape index (κ3) is 3.52. The highest BCUT2D eigenvalue weighted by Gasteiger charge is 2.28. The average molecular weight is 261 g/mol. The molecule has 1 rings (SSSR count). The van der Waals surface area contributed by atoms with E-state index in [9.17, 15) is 8.42 Å². The van der Waals surface area contributed by atoms with Gasteiger partial charge in [-0.2, -0.15) is 5.10 Å². The molecule has 1 heterocycles. The summed E-state index contributed by atoms with van der Waals surface area (Å²) in [5, 5.41) is 15.0. The molecule has 0 spiro atoms. The van der Waals surface area contributed by atoms with Gasteiger partial charge in [0, 0.05) is 11.1 Å². The third-order valence-electron chi connectivity index (χ3n) is 2.40. The van der Waals surface area contributed by atoms with Crippen LogP contribution in [0.25, 0.3) is 0 Å². The van der Waals surface area contributed by atoms with Crippen molar-refractivity contribution in [3.8, 4) is 0 Å². The van der Waals surface area contributed by atoms with Crippen LogP contribution in [0.1, 0.15) is 39.2 Å². The van der Waals surface area contributed by atoms with E-state index in [1.165, 1.54) is 6.20 Å². The normalized spacial score (nSPS) is 12.9. The van der Waals surface area contributed by atoms with Crippen molar-refractivity contribution in [2.45, 2.75) is 50.8 Å². The van der Waals surface area contributed by atoms with Gasteiger partial charge in [-0.3, -0.25) is 5.10 Å². The number of aliphatic hydroxyl groups excluding tert-OH is 1. The van der Waals surface area contributed by atoms with Crippen LogP contribution in [0.2, 0.25) is 0 Å². The first-order valence-corrected chi connectivity index (χ1v) is 6.98. The quantitative estimate of drug-likeness (QED) is 0.704. The Hall–Kier alpha value is -0.920. The minimum atomic E-state index is -3.67. The summed E-state index contributed by atoms with van der Waals surface area (Å²) in [6, 6.07) is 0. The van der Waals surface area contributed by atoms with E-state index in [2.05, 4.69) is 14.9 Å². The molecule has 0 atom stereocenters. The number of aromatic amines is 1. The van der Waals surface area contributed by atoms with E-state index in [0.717, 1.165) is 12.8 Å². The van der Waals surface area contributed by atoms with Crippen molar-refractivity contribution in [3.63, 3.8) is 0 Å². The molecule has 0 saturated heterocycles. The second-order valence-corrected chi connectivity index (χ2v) is 6.24. The summed E-state index contributed by atoms with van der Waals surface area (Å²) >= 11 is 0. The van der Waals surface area contributed by atoms with Gasteiger partial charge in [0.15, 0.2) is 5.03 Å². The van der Waals surface area contributed by atoms with Crippen LogP contribution in [0, 0.1) is 0 Å². The summed E-state index contributed by atoms with van der Waals surface area (Å²) in [5.41, 5.74) is -0.254. The van der Waals surface area contributed by atoms with Crippen LogP contribution >= 0.6 is 0 Å². The van der Waals surface area contributed by atoms with E-state index in [4.69, 9.17) is 5.11 Å². The fraction of sp³-hybridized carbons (Fsp3) is 0.700. The summed E-state index contributed by atoms with van der Waals surface area (Å²) in [6.45, 7) is 5.28. The maximum atomic E-state index is 12.1. The van der Waals surface area contributed by atoms with E-state index in [-0.39, 0.29) is 17.2 Å². The first-order valence-electron chi connectivity index (χ1n) is 5.49. The summed E-state index contributed by atoms with van der Waals surface area (Å²) < 4.78 is 26.7. The first kappa shape index (κ1) is 14.1. The highest BCUT2D eigenvalue weighted by molar-refractivity contribution is 7.89. The van der Waals surface area contributed by atoms with E-state index >= 15 is 0 Å². The van der Waals surface area contributed by atoms with Gasteiger partial charge in [0.25, 0.3) is 10.0 Å². The number of sulfonamides is 1. The second kappa shape index (κ2) is 5.16. The number of hydrogen-bond acceptors (Lipinski definition) is 4. The Morgan fingerprint density at radius 1 is 1.53 bits per heavy atom. The Kier molecular flexibility index (Phi) is 4.29. The molecule has 0 fully saturated rings.